The van der Waals surface area contributed by atoms with Crippen LogP contribution in [-0.4, -0.2) is 9.97 Å². The molecule has 3 rings (SSSR count). The lowest BCUT2D eigenvalue weighted by Gasteiger charge is -2.01. The molecule has 19 heavy (non-hydrogen) atoms. The van der Waals surface area contributed by atoms with E-state index in [0.717, 1.165) is 10.2 Å². The molecule has 0 spiro atoms. The molecule has 0 aliphatic carbocycles. The van der Waals surface area contributed by atoms with Crippen LogP contribution >= 0.6 is 22.9 Å². The van der Waals surface area contributed by atoms with E-state index in [4.69, 9.17) is 16.9 Å². The number of aromatic nitrogens is 2. The first-order valence-corrected chi connectivity index (χ1v) is 6.64. The van der Waals surface area contributed by atoms with Gasteiger partial charge in [0.15, 0.2) is 5.13 Å². The van der Waals surface area contributed by atoms with E-state index >= 15 is 0 Å². The summed E-state index contributed by atoms with van der Waals surface area (Å²) in [5.41, 5.74) is 1.35. The van der Waals surface area contributed by atoms with Gasteiger partial charge in [-0.2, -0.15) is 5.26 Å². The SMILES string of the molecule is N#Cc1cccnc1Nc1nc2ccc(Cl)cc2s1. The highest BCUT2D eigenvalue weighted by Crippen LogP contribution is 2.30. The van der Waals surface area contributed by atoms with E-state index in [1.165, 1.54) is 11.3 Å². The fourth-order valence-corrected chi connectivity index (χ4v) is 2.79. The van der Waals surface area contributed by atoms with Gasteiger partial charge in [0.25, 0.3) is 0 Å². The van der Waals surface area contributed by atoms with Crippen molar-refractivity contribution >= 4 is 44.1 Å². The summed E-state index contributed by atoms with van der Waals surface area (Å²) in [5, 5.41) is 13.4. The molecule has 0 saturated heterocycles. The zero-order valence-corrected chi connectivity index (χ0v) is 11.2. The number of pyridine rings is 1. The summed E-state index contributed by atoms with van der Waals surface area (Å²) in [6.45, 7) is 0. The van der Waals surface area contributed by atoms with Crippen LogP contribution in [0.1, 0.15) is 5.56 Å². The van der Waals surface area contributed by atoms with Crippen LogP contribution in [-0.2, 0) is 0 Å². The van der Waals surface area contributed by atoms with E-state index in [1.54, 1.807) is 24.4 Å². The lowest BCUT2D eigenvalue weighted by Crippen LogP contribution is -1.95. The Labute approximate surface area is 118 Å². The van der Waals surface area contributed by atoms with Crippen molar-refractivity contribution < 1.29 is 0 Å². The Morgan fingerprint density at radius 1 is 1.32 bits per heavy atom. The predicted molar refractivity (Wildman–Crippen MR) is 76.9 cm³/mol. The summed E-state index contributed by atoms with van der Waals surface area (Å²) in [7, 11) is 0. The molecular weight excluding hydrogens is 280 g/mol. The molecule has 0 atom stereocenters. The van der Waals surface area contributed by atoms with Gasteiger partial charge in [0.1, 0.15) is 11.9 Å². The zero-order chi connectivity index (χ0) is 13.2. The second kappa shape index (κ2) is 4.84. The highest BCUT2D eigenvalue weighted by Gasteiger charge is 2.07. The van der Waals surface area contributed by atoms with Gasteiger partial charge in [-0.1, -0.05) is 22.9 Å². The van der Waals surface area contributed by atoms with E-state index in [9.17, 15) is 0 Å². The molecule has 2 aromatic heterocycles. The van der Waals surface area contributed by atoms with Crippen LogP contribution in [0.25, 0.3) is 10.2 Å². The van der Waals surface area contributed by atoms with E-state index in [-0.39, 0.29) is 0 Å². The van der Waals surface area contributed by atoms with Crippen LogP contribution in [0.4, 0.5) is 10.9 Å². The number of hydrogen-bond donors (Lipinski definition) is 1. The molecule has 0 amide bonds. The standard InChI is InChI=1S/C13H7ClN4S/c14-9-3-4-10-11(6-9)19-13(17-10)18-12-8(7-15)2-1-5-16-12/h1-6H,(H,16,17,18). The van der Waals surface area contributed by atoms with E-state index < -0.39 is 0 Å². The van der Waals surface area contributed by atoms with Crippen molar-refractivity contribution in [2.24, 2.45) is 0 Å². The van der Waals surface area contributed by atoms with Gasteiger partial charge in [0.2, 0.25) is 0 Å². The molecule has 0 saturated carbocycles. The third-order valence-corrected chi connectivity index (χ3v) is 3.67. The maximum Gasteiger partial charge on any atom is 0.189 e. The average Bonchev–Trinajstić information content (AvgIpc) is 2.80. The Kier molecular flexibility index (Phi) is 3.03. The summed E-state index contributed by atoms with van der Waals surface area (Å²) >= 11 is 7.41. The molecule has 0 aliphatic rings. The number of fused-ring (bicyclic) bond motifs is 1. The Morgan fingerprint density at radius 2 is 2.21 bits per heavy atom. The van der Waals surface area contributed by atoms with Crippen LogP contribution in [0, 0.1) is 11.3 Å². The van der Waals surface area contributed by atoms with E-state index in [0.29, 0.717) is 21.5 Å². The largest absolute Gasteiger partial charge is 0.315 e. The Balaban J connectivity index is 1.99. The molecule has 0 radical (unpaired) electrons. The van der Waals surface area contributed by atoms with Crippen LogP contribution in [0.15, 0.2) is 36.5 Å². The van der Waals surface area contributed by atoms with Crippen LogP contribution in [0.5, 0.6) is 0 Å². The molecule has 0 bridgehead atoms. The summed E-state index contributed by atoms with van der Waals surface area (Å²) in [5.74, 6) is 0.509. The van der Waals surface area contributed by atoms with Gasteiger partial charge in [-0.05, 0) is 30.3 Å². The van der Waals surface area contributed by atoms with Gasteiger partial charge >= 0.3 is 0 Å². The molecule has 6 heteroatoms. The number of nitrogens with zero attached hydrogens (tertiary/aromatic N) is 3. The minimum atomic E-state index is 0.486. The molecule has 0 unspecified atom stereocenters. The fourth-order valence-electron chi connectivity index (χ4n) is 1.65. The molecule has 4 nitrogen and oxygen atoms in total. The Bertz CT molecular complexity index is 791. The predicted octanol–water partition coefficient (Wildman–Crippen LogP) is 3.96. The summed E-state index contributed by atoms with van der Waals surface area (Å²) in [4.78, 5) is 8.56. The zero-order valence-electron chi connectivity index (χ0n) is 9.59. The van der Waals surface area contributed by atoms with Gasteiger partial charge < -0.3 is 5.32 Å². The molecule has 0 fully saturated rings. The molecule has 1 aromatic carbocycles. The second-order valence-electron chi connectivity index (χ2n) is 3.77. The Morgan fingerprint density at radius 3 is 3.05 bits per heavy atom. The van der Waals surface area contributed by atoms with Crippen molar-refractivity contribution in [3.8, 4) is 6.07 Å². The average molecular weight is 287 g/mol. The lowest BCUT2D eigenvalue weighted by atomic mass is 10.3. The van der Waals surface area contributed by atoms with Crippen LogP contribution in [0.3, 0.4) is 0 Å². The summed E-state index contributed by atoms with van der Waals surface area (Å²) in [6, 6.07) is 11.1. The van der Waals surface area contributed by atoms with Gasteiger partial charge in [0.05, 0.1) is 15.8 Å². The molecule has 1 N–H and O–H groups in total. The second-order valence-corrected chi connectivity index (χ2v) is 5.23. The molecular formula is C13H7ClN4S. The van der Waals surface area contributed by atoms with Gasteiger partial charge in [-0.15, -0.1) is 0 Å². The monoisotopic (exact) mass is 286 g/mol. The van der Waals surface area contributed by atoms with Gasteiger partial charge in [0, 0.05) is 11.2 Å². The number of thiazole rings is 1. The normalized spacial score (nSPS) is 10.3. The summed E-state index contributed by atoms with van der Waals surface area (Å²) < 4.78 is 0.990. The molecule has 0 aliphatic heterocycles. The maximum atomic E-state index is 9.01. The number of rotatable bonds is 2. The number of anilines is 2. The van der Waals surface area contributed by atoms with Crippen LogP contribution in [0.2, 0.25) is 5.02 Å². The topological polar surface area (TPSA) is 61.6 Å². The molecule has 2 heterocycles. The first kappa shape index (κ1) is 11.9. The van der Waals surface area contributed by atoms with Gasteiger partial charge in [-0.25, -0.2) is 9.97 Å². The highest BCUT2D eigenvalue weighted by atomic mass is 35.5. The highest BCUT2D eigenvalue weighted by molar-refractivity contribution is 7.22. The quantitative estimate of drug-likeness (QED) is 0.774. The maximum absolute atomic E-state index is 9.01. The first-order chi connectivity index (χ1) is 9.26. The fraction of sp³-hybridized carbons (Fsp3) is 0. The minimum Gasteiger partial charge on any atom is -0.315 e. The van der Waals surface area contributed by atoms with Crippen molar-refractivity contribution in [1.82, 2.24) is 9.97 Å². The van der Waals surface area contributed by atoms with Crippen LogP contribution < -0.4 is 5.32 Å². The lowest BCUT2D eigenvalue weighted by molar-refractivity contribution is 1.28. The number of hydrogen-bond acceptors (Lipinski definition) is 5. The van der Waals surface area contributed by atoms with Crippen molar-refractivity contribution in [2.45, 2.75) is 0 Å². The molecule has 92 valence electrons. The van der Waals surface area contributed by atoms with E-state index in [2.05, 4.69) is 21.4 Å². The third kappa shape index (κ3) is 2.36. The molecule has 3 aromatic rings. The van der Waals surface area contributed by atoms with Crippen molar-refractivity contribution in [3.63, 3.8) is 0 Å². The van der Waals surface area contributed by atoms with Crippen molar-refractivity contribution in [1.29, 1.82) is 5.26 Å². The number of nitriles is 1. The first-order valence-electron chi connectivity index (χ1n) is 5.44. The summed E-state index contributed by atoms with van der Waals surface area (Å²) in [6.07, 6.45) is 1.63. The number of halogens is 1. The van der Waals surface area contributed by atoms with Gasteiger partial charge in [-0.3, -0.25) is 0 Å². The number of nitrogens with one attached hydrogen (secondary N) is 1. The van der Waals surface area contributed by atoms with Crippen molar-refractivity contribution in [2.75, 3.05) is 5.32 Å². The Hall–Kier alpha value is -2.16. The smallest absolute Gasteiger partial charge is 0.189 e. The minimum absolute atomic E-state index is 0.486. The van der Waals surface area contributed by atoms with E-state index in [1.807, 2.05) is 12.1 Å². The number of benzene rings is 1. The third-order valence-electron chi connectivity index (χ3n) is 2.50. The van der Waals surface area contributed by atoms with Crippen molar-refractivity contribution in [3.05, 3.63) is 47.1 Å².